The first-order chi connectivity index (χ1) is 8.81. The molecule has 0 bridgehead atoms. The number of benzene rings is 1. The Morgan fingerprint density at radius 1 is 1.39 bits per heavy atom. The van der Waals surface area contributed by atoms with E-state index in [0.717, 1.165) is 5.56 Å². The van der Waals surface area contributed by atoms with Gasteiger partial charge >= 0.3 is 5.97 Å². The van der Waals surface area contributed by atoms with Crippen molar-refractivity contribution < 1.29 is 9.53 Å². The van der Waals surface area contributed by atoms with Crippen molar-refractivity contribution in [1.82, 2.24) is 15.2 Å². The van der Waals surface area contributed by atoms with Crippen LogP contribution in [-0.2, 0) is 16.0 Å². The Labute approximate surface area is 105 Å². The van der Waals surface area contributed by atoms with Crippen molar-refractivity contribution in [3.05, 3.63) is 48.0 Å². The zero-order valence-electron chi connectivity index (χ0n) is 10.2. The molecule has 1 atom stereocenters. The molecule has 0 radical (unpaired) electrons. The molecule has 1 unspecified atom stereocenters. The molecule has 1 N–H and O–H groups in total. The first-order valence-electron chi connectivity index (χ1n) is 5.87. The molecule has 0 spiro atoms. The first kappa shape index (κ1) is 12.3. The Morgan fingerprint density at radius 2 is 2.17 bits per heavy atom. The number of hydrogen-bond acceptors (Lipinski definition) is 4. The second-order valence-electron chi connectivity index (χ2n) is 3.87. The van der Waals surface area contributed by atoms with Crippen LogP contribution in [0.25, 0.3) is 0 Å². The van der Waals surface area contributed by atoms with Crippen LogP contribution < -0.4 is 0 Å². The first-order valence-corrected chi connectivity index (χ1v) is 5.87. The monoisotopic (exact) mass is 245 g/mol. The maximum Gasteiger partial charge on any atom is 0.317 e. The van der Waals surface area contributed by atoms with E-state index >= 15 is 0 Å². The predicted octanol–water partition coefficient (Wildman–Crippen LogP) is 1.69. The number of carbonyl (C=O) groups is 1. The SMILES string of the molecule is CCOC(=O)C(Cc1ccccc1)c1ncn[nH]1. The van der Waals surface area contributed by atoms with Crippen LogP contribution in [0, 0.1) is 0 Å². The molecular formula is C13H15N3O2. The third kappa shape index (κ3) is 2.94. The number of ether oxygens (including phenoxy) is 1. The summed E-state index contributed by atoms with van der Waals surface area (Å²) >= 11 is 0. The summed E-state index contributed by atoms with van der Waals surface area (Å²) in [5.74, 6) is -0.176. The zero-order chi connectivity index (χ0) is 12.8. The van der Waals surface area contributed by atoms with E-state index in [2.05, 4.69) is 15.2 Å². The zero-order valence-corrected chi connectivity index (χ0v) is 10.2. The van der Waals surface area contributed by atoms with Gasteiger partial charge in [-0.25, -0.2) is 4.98 Å². The number of hydrogen-bond donors (Lipinski definition) is 1. The minimum Gasteiger partial charge on any atom is -0.465 e. The van der Waals surface area contributed by atoms with Gasteiger partial charge in [0.25, 0.3) is 0 Å². The summed E-state index contributed by atoms with van der Waals surface area (Å²) in [5, 5.41) is 6.52. The fourth-order valence-electron chi connectivity index (χ4n) is 1.77. The molecular weight excluding hydrogens is 230 g/mol. The maximum absolute atomic E-state index is 11.9. The number of nitrogens with one attached hydrogen (secondary N) is 1. The minimum absolute atomic E-state index is 0.280. The van der Waals surface area contributed by atoms with Gasteiger partial charge in [-0.05, 0) is 18.9 Å². The number of rotatable bonds is 5. The lowest BCUT2D eigenvalue weighted by Gasteiger charge is -2.12. The molecule has 18 heavy (non-hydrogen) atoms. The van der Waals surface area contributed by atoms with E-state index < -0.39 is 5.92 Å². The highest BCUT2D eigenvalue weighted by Gasteiger charge is 2.25. The molecule has 0 saturated heterocycles. The molecule has 0 amide bonds. The van der Waals surface area contributed by atoms with Crippen molar-refractivity contribution in [2.24, 2.45) is 0 Å². The lowest BCUT2D eigenvalue weighted by Crippen LogP contribution is -2.19. The summed E-state index contributed by atoms with van der Waals surface area (Å²) in [6.07, 6.45) is 1.95. The Hall–Kier alpha value is -2.17. The number of esters is 1. The van der Waals surface area contributed by atoms with Gasteiger partial charge in [-0.1, -0.05) is 30.3 Å². The average Bonchev–Trinajstić information content (AvgIpc) is 2.91. The highest BCUT2D eigenvalue weighted by molar-refractivity contribution is 5.77. The molecule has 1 aromatic heterocycles. The van der Waals surface area contributed by atoms with Crippen LogP contribution in [0.1, 0.15) is 24.2 Å². The summed E-state index contributed by atoms with van der Waals surface area (Å²) in [6, 6.07) is 9.78. The number of aromatic nitrogens is 3. The molecule has 0 aliphatic rings. The standard InChI is InChI=1S/C13H15N3O2/c1-2-18-13(17)11(12-14-9-15-16-12)8-10-6-4-3-5-7-10/h3-7,9,11H,2,8H2,1H3,(H,14,15,16). The minimum atomic E-state index is -0.435. The lowest BCUT2D eigenvalue weighted by atomic mass is 9.99. The summed E-state index contributed by atoms with van der Waals surface area (Å²) < 4.78 is 5.07. The van der Waals surface area contributed by atoms with Gasteiger partial charge in [0, 0.05) is 0 Å². The van der Waals surface area contributed by atoms with Crippen molar-refractivity contribution in [3.8, 4) is 0 Å². The van der Waals surface area contributed by atoms with Crippen molar-refractivity contribution in [2.45, 2.75) is 19.3 Å². The molecule has 5 nitrogen and oxygen atoms in total. The van der Waals surface area contributed by atoms with Crippen LogP contribution in [-0.4, -0.2) is 27.8 Å². The largest absolute Gasteiger partial charge is 0.465 e. The van der Waals surface area contributed by atoms with E-state index in [0.29, 0.717) is 18.9 Å². The lowest BCUT2D eigenvalue weighted by molar-refractivity contribution is -0.145. The van der Waals surface area contributed by atoms with Gasteiger partial charge in [0.2, 0.25) is 0 Å². The number of aromatic amines is 1. The maximum atomic E-state index is 11.9. The van der Waals surface area contributed by atoms with Crippen molar-refractivity contribution in [2.75, 3.05) is 6.61 Å². The molecule has 0 saturated carbocycles. The van der Waals surface area contributed by atoms with Crippen LogP contribution in [0.15, 0.2) is 36.7 Å². The average molecular weight is 245 g/mol. The van der Waals surface area contributed by atoms with Gasteiger partial charge < -0.3 is 4.74 Å². The molecule has 5 heteroatoms. The summed E-state index contributed by atoms with van der Waals surface area (Å²) in [4.78, 5) is 16.0. The topological polar surface area (TPSA) is 67.9 Å². The smallest absolute Gasteiger partial charge is 0.317 e. The second kappa shape index (κ2) is 5.95. The fourth-order valence-corrected chi connectivity index (χ4v) is 1.77. The summed E-state index contributed by atoms with van der Waals surface area (Å²) in [7, 11) is 0. The van der Waals surface area contributed by atoms with E-state index in [-0.39, 0.29) is 5.97 Å². The second-order valence-corrected chi connectivity index (χ2v) is 3.87. The normalized spacial score (nSPS) is 12.1. The van der Waals surface area contributed by atoms with E-state index in [1.54, 1.807) is 6.92 Å². The van der Waals surface area contributed by atoms with Crippen LogP contribution in [0.2, 0.25) is 0 Å². The predicted molar refractivity (Wildman–Crippen MR) is 65.9 cm³/mol. The van der Waals surface area contributed by atoms with E-state index in [4.69, 9.17) is 4.74 Å². The molecule has 0 aliphatic carbocycles. The highest BCUT2D eigenvalue weighted by atomic mass is 16.5. The van der Waals surface area contributed by atoms with Crippen molar-refractivity contribution in [1.29, 1.82) is 0 Å². The highest BCUT2D eigenvalue weighted by Crippen LogP contribution is 2.19. The third-order valence-electron chi connectivity index (χ3n) is 2.62. The summed E-state index contributed by atoms with van der Waals surface area (Å²) in [5.41, 5.74) is 1.06. The Kier molecular flexibility index (Phi) is 4.06. The molecule has 0 fully saturated rings. The quantitative estimate of drug-likeness (QED) is 0.814. The number of nitrogens with zero attached hydrogens (tertiary/aromatic N) is 2. The molecule has 2 aromatic rings. The van der Waals surface area contributed by atoms with Crippen LogP contribution in [0.5, 0.6) is 0 Å². The van der Waals surface area contributed by atoms with Gasteiger partial charge in [0.15, 0.2) is 0 Å². The van der Waals surface area contributed by atoms with Crippen LogP contribution in [0.3, 0.4) is 0 Å². The van der Waals surface area contributed by atoms with Gasteiger partial charge in [0.05, 0.1) is 6.61 Å². The van der Waals surface area contributed by atoms with E-state index in [1.807, 2.05) is 30.3 Å². The van der Waals surface area contributed by atoms with Crippen LogP contribution in [0.4, 0.5) is 0 Å². The molecule has 1 aromatic carbocycles. The molecule has 94 valence electrons. The fraction of sp³-hybridized carbons (Fsp3) is 0.308. The van der Waals surface area contributed by atoms with Gasteiger partial charge in [-0.15, -0.1) is 0 Å². The molecule has 1 heterocycles. The van der Waals surface area contributed by atoms with E-state index in [9.17, 15) is 4.79 Å². The number of H-pyrrole nitrogens is 1. The van der Waals surface area contributed by atoms with Gasteiger partial charge in [-0.3, -0.25) is 9.89 Å². The van der Waals surface area contributed by atoms with Crippen molar-refractivity contribution >= 4 is 5.97 Å². The Morgan fingerprint density at radius 3 is 2.78 bits per heavy atom. The third-order valence-corrected chi connectivity index (χ3v) is 2.62. The van der Waals surface area contributed by atoms with Gasteiger partial charge in [-0.2, -0.15) is 5.10 Å². The van der Waals surface area contributed by atoms with E-state index in [1.165, 1.54) is 6.33 Å². The Bertz CT molecular complexity index is 482. The van der Waals surface area contributed by atoms with Crippen molar-refractivity contribution in [3.63, 3.8) is 0 Å². The van der Waals surface area contributed by atoms with Gasteiger partial charge in [0.1, 0.15) is 18.1 Å². The number of carbonyl (C=O) groups excluding carboxylic acids is 1. The summed E-state index contributed by atoms with van der Waals surface area (Å²) in [6.45, 7) is 2.15. The molecule has 2 rings (SSSR count). The van der Waals surface area contributed by atoms with Crippen LogP contribution >= 0.6 is 0 Å². The molecule has 0 aliphatic heterocycles. The Balaban J connectivity index is 2.18.